The molecule has 0 aliphatic carbocycles. The van der Waals surface area contributed by atoms with Gasteiger partial charge in [0.2, 0.25) is 0 Å². The number of amides is 1. The Morgan fingerprint density at radius 3 is 2.75 bits per heavy atom. The summed E-state index contributed by atoms with van der Waals surface area (Å²) in [6.07, 6.45) is 0. The number of halogens is 2. The topological polar surface area (TPSA) is 33.2 Å². The molecule has 0 aliphatic heterocycles. The van der Waals surface area contributed by atoms with Crippen molar-refractivity contribution in [2.45, 2.75) is 13.5 Å². The zero-order chi connectivity index (χ0) is 14.7. The van der Waals surface area contributed by atoms with Gasteiger partial charge < -0.3 is 4.90 Å². The summed E-state index contributed by atoms with van der Waals surface area (Å²) in [5.41, 5.74) is 1.89. The molecule has 0 N–H and O–H groups in total. The van der Waals surface area contributed by atoms with Gasteiger partial charge in [0.25, 0.3) is 5.91 Å². The molecule has 1 amide bonds. The number of nitrogens with zero attached hydrogens (tertiary/aromatic N) is 2. The van der Waals surface area contributed by atoms with Crippen molar-refractivity contribution in [2.75, 3.05) is 7.05 Å². The van der Waals surface area contributed by atoms with Crippen molar-refractivity contribution in [1.82, 2.24) is 9.88 Å². The Labute approximate surface area is 122 Å². The van der Waals surface area contributed by atoms with E-state index in [1.807, 2.05) is 0 Å². The van der Waals surface area contributed by atoms with Gasteiger partial charge in [-0.05, 0) is 36.8 Å². The highest BCUT2D eigenvalue weighted by Crippen LogP contribution is 2.14. The Kier molecular flexibility index (Phi) is 4.35. The minimum Gasteiger partial charge on any atom is -0.337 e. The maximum absolute atomic E-state index is 13.1. The number of pyridine rings is 1. The van der Waals surface area contributed by atoms with Crippen LogP contribution in [0.2, 0.25) is 5.15 Å². The summed E-state index contributed by atoms with van der Waals surface area (Å²) in [6, 6.07) is 9.38. The van der Waals surface area contributed by atoms with Gasteiger partial charge in [-0.2, -0.15) is 0 Å². The number of aryl methyl sites for hydroxylation is 1. The lowest BCUT2D eigenvalue weighted by molar-refractivity contribution is 0.0784. The number of carbonyl (C=O) groups excluding carboxylic acids is 1. The molecule has 1 aromatic carbocycles. The summed E-state index contributed by atoms with van der Waals surface area (Å²) >= 11 is 5.85. The Hall–Kier alpha value is -1.94. The second kappa shape index (κ2) is 6.01. The lowest BCUT2D eigenvalue weighted by Gasteiger charge is -2.17. The molecule has 0 spiro atoms. The summed E-state index contributed by atoms with van der Waals surface area (Å²) in [5.74, 6) is -0.493. The lowest BCUT2D eigenvalue weighted by Crippen LogP contribution is -2.26. The molecule has 1 heterocycles. The summed E-state index contributed by atoms with van der Waals surface area (Å²) in [7, 11) is 1.66. The molecule has 0 bridgehead atoms. The third-order valence-corrected chi connectivity index (χ3v) is 3.02. The molecule has 3 nitrogen and oxygen atoms in total. The number of rotatable bonds is 3. The summed E-state index contributed by atoms with van der Waals surface area (Å²) in [4.78, 5) is 17.8. The molecule has 0 saturated carbocycles. The first kappa shape index (κ1) is 14.5. The molecular formula is C15H14ClFN2O. The van der Waals surface area contributed by atoms with E-state index in [0.29, 0.717) is 17.8 Å². The van der Waals surface area contributed by atoms with E-state index >= 15 is 0 Å². The zero-order valence-corrected chi connectivity index (χ0v) is 12.0. The second-order valence-electron chi connectivity index (χ2n) is 4.61. The fourth-order valence-electron chi connectivity index (χ4n) is 1.95. The highest BCUT2D eigenvalue weighted by atomic mass is 35.5. The predicted octanol–water partition coefficient (Wildman–Crippen LogP) is 3.45. The van der Waals surface area contributed by atoms with E-state index in [2.05, 4.69) is 4.98 Å². The normalized spacial score (nSPS) is 10.4. The SMILES string of the molecule is Cc1cc(C(=O)N(C)Cc2cccc(F)c2)cc(Cl)n1. The Balaban J connectivity index is 2.16. The maximum atomic E-state index is 13.1. The van der Waals surface area contributed by atoms with Gasteiger partial charge >= 0.3 is 0 Å². The number of benzene rings is 1. The summed E-state index contributed by atoms with van der Waals surface area (Å²) < 4.78 is 13.1. The van der Waals surface area contributed by atoms with E-state index in [4.69, 9.17) is 11.6 Å². The number of aromatic nitrogens is 1. The van der Waals surface area contributed by atoms with Crippen LogP contribution in [0.5, 0.6) is 0 Å². The maximum Gasteiger partial charge on any atom is 0.254 e. The van der Waals surface area contributed by atoms with Crippen LogP contribution in [-0.4, -0.2) is 22.8 Å². The van der Waals surface area contributed by atoms with E-state index in [1.165, 1.54) is 23.1 Å². The van der Waals surface area contributed by atoms with E-state index in [0.717, 1.165) is 5.56 Å². The van der Waals surface area contributed by atoms with Crippen molar-refractivity contribution in [2.24, 2.45) is 0 Å². The van der Waals surface area contributed by atoms with Crippen molar-refractivity contribution in [3.8, 4) is 0 Å². The van der Waals surface area contributed by atoms with E-state index in [9.17, 15) is 9.18 Å². The molecule has 1 aromatic heterocycles. The van der Waals surface area contributed by atoms with Gasteiger partial charge in [0.05, 0.1) is 0 Å². The standard InChI is InChI=1S/C15H14ClFN2O/c1-10-6-12(8-14(16)18-10)15(20)19(2)9-11-4-3-5-13(17)7-11/h3-8H,9H2,1-2H3. The van der Waals surface area contributed by atoms with Crippen molar-refractivity contribution >= 4 is 17.5 Å². The molecule has 2 aromatic rings. The molecule has 0 radical (unpaired) electrons. The largest absolute Gasteiger partial charge is 0.337 e. The third kappa shape index (κ3) is 3.54. The van der Waals surface area contributed by atoms with Crippen LogP contribution in [0, 0.1) is 12.7 Å². The molecule has 0 fully saturated rings. The first-order chi connectivity index (χ1) is 9.45. The summed E-state index contributed by atoms with van der Waals surface area (Å²) in [6.45, 7) is 2.10. The Morgan fingerprint density at radius 2 is 2.10 bits per heavy atom. The van der Waals surface area contributed by atoms with E-state index < -0.39 is 0 Å². The average molecular weight is 293 g/mol. The molecule has 0 unspecified atom stereocenters. The van der Waals surface area contributed by atoms with Gasteiger partial charge in [-0.1, -0.05) is 23.7 Å². The lowest BCUT2D eigenvalue weighted by atomic mass is 10.1. The first-order valence-electron chi connectivity index (χ1n) is 6.10. The average Bonchev–Trinajstić information content (AvgIpc) is 2.36. The zero-order valence-electron chi connectivity index (χ0n) is 11.2. The summed E-state index contributed by atoms with van der Waals surface area (Å²) in [5, 5.41) is 0.285. The number of carbonyl (C=O) groups is 1. The van der Waals surface area contributed by atoms with Crippen molar-refractivity contribution in [1.29, 1.82) is 0 Å². The molecule has 0 aliphatic rings. The molecule has 2 rings (SSSR count). The highest BCUT2D eigenvalue weighted by Gasteiger charge is 2.13. The molecule has 104 valence electrons. The molecular weight excluding hydrogens is 279 g/mol. The van der Waals surface area contributed by atoms with Crippen LogP contribution in [-0.2, 0) is 6.54 Å². The van der Waals surface area contributed by atoms with Crippen LogP contribution in [0.1, 0.15) is 21.6 Å². The molecule has 0 saturated heterocycles. The Morgan fingerprint density at radius 1 is 1.35 bits per heavy atom. The molecule has 20 heavy (non-hydrogen) atoms. The number of hydrogen-bond acceptors (Lipinski definition) is 2. The van der Waals surface area contributed by atoms with E-state index in [-0.39, 0.29) is 16.9 Å². The Bertz CT molecular complexity index is 625. The van der Waals surface area contributed by atoms with Crippen molar-refractivity contribution in [3.05, 3.63) is 64.2 Å². The smallest absolute Gasteiger partial charge is 0.254 e. The molecule has 0 atom stereocenters. The fraction of sp³-hybridized carbons (Fsp3) is 0.200. The van der Waals surface area contributed by atoms with Crippen LogP contribution in [0.4, 0.5) is 4.39 Å². The van der Waals surface area contributed by atoms with Gasteiger partial charge in [0.1, 0.15) is 11.0 Å². The van der Waals surface area contributed by atoms with Crippen LogP contribution in [0.15, 0.2) is 36.4 Å². The van der Waals surface area contributed by atoms with Gasteiger partial charge in [-0.3, -0.25) is 4.79 Å². The van der Waals surface area contributed by atoms with Gasteiger partial charge in [-0.15, -0.1) is 0 Å². The second-order valence-corrected chi connectivity index (χ2v) is 5.00. The molecule has 5 heteroatoms. The number of hydrogen-bond donors (Lipinski definition) is 0. The quantitative estimate of drug-likeness (QED) is 0.812. The van der Waals surface area contributed by atoms with Gasteiger partial charge in [0, 0.05) is 24.8 Å². The van der Waals surface area contributed by atoms with Crippen LogP contribution >= 0.6 is 11.6 Å². The third-order valence-electron chi connectivity index (χ3n) is 2.82. The van der Waals surface area contributed by atoms with Gasteiger partial charge in [-0.25, -0.2) is 9.37 Å². The highest BCUT2D eigenvalue weighted by molar-refractivity contribution is 6.29. The minimum atomic E-state index is -0.314. The van der Waals surface area contributed by atoms with E-state index in [1.54, 1.807) is 32.2 Å². The first-order valence-corrected chi connectivity index (χ1v) is 6.47. The van der Waals surface area contributed by atoms with Crippen LogP contribution < -0.4 is 0 Å². The van der Waals surface area contributed by atoms with Crippen LogP contribution in [0.3, 0.4) is 0 Å². The van der Waals surface area contributed by atoms with Crippen molar-refractivity contribution < 1.29 is 9.18 Å². The monoisotopic (exact) mass is 292 g/mol. The van der Waals surface area contributed by atoms with Crippen LogP contribution in [0.25, 0.3) is 0 Å². The van der Waals surface area contributed by atoms with Gasteiger partial charge in [0.15, 0.2) is 0 Å². The van der Waals surface area contributed by atoms with Crippen molar-refractivity contribution in [3.63, 3.8) is 0 Å². The fourth-order valence-corrected chi connectivity index (χ4v) is 2.20. The predicted molar refractivity (Wildman–Crippen MR) is 76.2 cm³/mol. The minimum absolute atomic E-state index is 0.179.